The molecule has 0 unspecified atom stereocenters. The fraction of sp³-hybridized carbons (Fsp3) is 0.308. The maximum Gasteiger partial charge on any atom is 0.260 e. The lowest BCUT2D eigenvalue weighted by atomic mass is 10.2. The third-order valence-electron chi connectivity index (χ3n) is 6.21. The molecule has 0 aliphatic carbocycles. The van der Waals surface area contributed by atoms with Crippen molar-refractivity contribution < 1.29 is 9.53 Å². The molecule has 9 heteroatoms. The van der Waals surface area contributed by atoms with Crippen LogP contribution in [0.1, 0.15) is 6.42 Å². The van der Waals surface area contributed by atoms with Gasteiger partial charge in [0.2, 0.25) is 0 Å². The van der Waals surface area contributed by atoms with Gasteiger partial charge in [-0.1, -0.05) is 47.1 Å². The summed E-state index contributed by atoms with van der Waals surface area (Å²) in [6, 6.07) is 17.6. The van der Waals surface area contributed by atoms with E-state index in [1.807, 2.05) is 17.2 Å². The van der Waals surface area contributed by atoms with E-state index in [-0.39, 0.29) is 12.5 Å². The Bertz CT molecular complexity index is 1160. The molecule has 5 rings (SSSR count). The summed E-state index contributed by atoms with van der Waals surface area (Å²) in [4.78, 5) is 26.3. The first kappa shape index (κ1) is 24.3. The molecule has 1 saturated heterocycles. The lowest BCUT2D eigenvalue weighted by Crippen LogP contribution is -2.50. The molecule has 1 amide bonds. The summed E-state index contributed by atoms with van der Waals surface area (Å²) < 4.78 is 5.61. The number of halogens is 2. The van der Waals surface area contributed by atoms with E-state index in [1.165, 1.54) is 15.5 Å². The summed E-state index contributed by atoms with van der Waals surface area (Å²) in [5.74, 6) is 1.48. The average molecular weight is 529 g/mol. The van der Waals surface area contributed by atoms with Crippen LogP contribution in [0.2, 0.25) is 10.0 Å². The Labute approximate surface area is 219 Å². The molecule has 0 radical (unpaired) electrons. The van der Waals surface area contributed by atoms with Crippen LogP contribution in [-0.2, 0) is 4.79 Å². The molecule has 0 spiro atoms. The van der Waals surface area contributed by atoms with Gasteiger partial charge in [-0.3, -0.25) is 9.69 Å². The molecule has 2 aliphatic heterocycles. The number of anilines is 2. The van der Waals surface area contributed by atoms with E-state index in [4.69, 9.17) is 27.9 Å². The number of amides is 1. The zero-order valence-electron chi connectivity index (χ0n) is 19.2. The van der Waals surface area contributed by atoms with E-state index < -0.39 is 0 Å². The van der Waals surface area contributed by atoms with E-state index in [1.54, 1.807) is 30.0 Å². The number of hydrogen-bond acceptors (Lipinski definition) is 6. The predicted octanol–water partition coefficient (Wildman–Crippen LogP) is 5.60. The summed E-state index contributed by atoms with van der Waals surface area (Å²) in [6.07, 6.45) is 2.88. The number of aromatic nitrogens is 1. The topological polar surface area (TPSA) is 48.9 Å². The SMILES string of the molecule is O=C(COc1ccc(Cl)cc1Cl)N1CCN(CCCN2c3ccccc3Sc3cccnc32)CC1. The van der Waals surface area contributed by atoms with Crippen molar-refractivity contribution in [3.8, 4) is 5.75 Å². The first-order valence-corrected chi connectivity index (χ1v) is 13.2. The Balaban J connectivity index is 1.10. The van der Waals surface area contributed by atoms with Crippen molar-refractivity contribution in [2.75, 3.05) is 50.8 Å². The van der Waals surface area contributed by atoms with Gasteiger partial charge < -0.3 is 14.5 Å². The maximum atomic E-state index is 12.6. The molecule has 0 bridgehead atoms. The number of fused-ring (bicyclic) bond motifs is 2. The molecule has 0 atom stereocenters. The van der Waals surface area contributed by atoms with E-state index >= 15 is 0 Å². The Morgan fingerprint density at radius 2 is 1.77 bits per heavy atom. The second kappa shape index (κ2) is 11.1. The highest BCUT2D eigenvalue weighted by Crippen LogP contribution is 2.46. The molecule has 2 aliphatic rings. The molecule has 35 heavy (non-hydrogen) atoms. The summed E-state index contributed by atoms with van der Waals surface area (Å²) in [5, 5.41) is 0.941. The van der Waals surface area contributed by atoms with Crippen molar-refractivity contribution in [1.29, 1.82) is 0 Å². The number of benzene rings is 2. The summed E-state index contributed by atoms with van der Waals surface area (Å²) in [7, 11) is 0. The van der Waals surface area contributed by atoms with Crippen molar-refractivity contribution in [2.24, 2.45) is 0 Å². The molecule has 6 nitrogen and oxygen atoms in total. The second-order valence-electron chi connectivity index (χ2n) is 8.49. The number of ether oxygens (including phenoxy) is 1. The number of nitrogens with zero attached hydrogens (tertiary/aromatic N) is 4. The summed E-state index contributed by atoms with van der Waals surface area (Å²) in [5.41, 5.74) is 1.22. The third kappa shape index (κ3) is 5.70. The van der Waals surface area contributed by atoms with E-state index in [9.17, 15) is 4.79 Å². The highest BCUT2D eigenvalue weighted by Gasteiger charge is 2.25. The number of carbonyl (C=O) groups excluding carboxylic acids is 1. The van der Waals surface area contributed by atoms with Crippen molar-refractivity contribution in [3.63, 3.8) is 0 Å². The molecule has 3 aromatic rings. The molecular weight excluding hydrogens is 503 g/mol. The van der Waals surface area contributed by atoms with Gasteiger partial charge in [0.05, 0.1) is 15.6 Å². The van der Waals surface area contributed by atoms with Gasteiger partial charge in [0.15, 0.2) is 6.61 Å². The van der Waals surface area contributed by atoms with Crippen LogP contribution < -0.4 is 9.64 Å². The van der Waals surface area contributed by atoms with Crippen LogP contribution in [0.15, 0.2) is 70.6 Å². The van der Waals surface area contributed by atoms with Gasteiger partial charge in [0, 0.05) is 48.8 Å². The van der Waals surface area contributed by atoms with Gasteiger partial charge in [0.1, 0.15) is 11.6 Å². The van der Waals surface area contributed by atoms with Crippen molar-refractivity contribution >= 4 is 52.4 Å². The van der Waals surface area contributed by atoms with E-state index in [0.717, 1.165) is 38.4 Å². The van der Waals surface area contributed by atoms with E-state index in [2.05, 4.69) is 45.1 Å². The highest BCUT2D eigenvalue weighted by atomic mass is 35.5. The third-order valence-corrected chi connectivity index (χ3v) is 7.84. The number of carbonyl (C=O) groups is 1. The van der Waals surface area contributed by atoms with Crippen LogP contribution in [0.25, 0.3) is 0 Å². The minimum Gasteiger partial charge on any atom is -0.482 e. The second-order valence-corrected chi connectivity index (χ2v) is 10.4. The Morgan fingerprint density at radius 3 is 2.60 bits per heavy atom. The van der Waals surface area contributed by atoms with Crippen LogP contribution >= 0.6 is 35.0 Å². The number of pyridine rings is 1. The molecule has 0 N–H and O–H groups in total. The quantitative estimate of drug-likeness (QED) is 0.397. The largest absolute Gasteiger partial charge is 0.482 e. The lowest BCUT2D eigenvalue weighted by molar-refractivity contribution is -0.135. The maximum absolute atomic E-state index is 12.6. The van der Waals surface area contributed by atoms with Crippen LogP contribution in [0.5, 0.6) is 5.75 Å². The fourth-order valence-electron chi connectivity index (χ4n) is 4.39. The summed E-state index contributed by atoms with van der Waals surface area (Å²) in [6.45, 7) is 4.96. The monoisotopic (exact) mass is 528 g/mol. The van der Waals surface area contributed by atoms with Gasteiger partial charge in [-0.05, 0) is 55.4 Å². The molecule has 1 aromatic heterocycles. The minimum atomic E-state index is -0.0276. The van der Waals surface area contributed by atoms with Crippen LogP contribution in [-0.4, -0.2) is 66.6 Å². The van der Waals surface area contributed by atoms with E-state index in [0.29, 0.717) is 28.9 Å². The Hall–Kier alpha value is -2.45. The van der Waals surface area contributed by atoms with Crippen molar-refractivity contribution in [3.05, 3.63) is 70.8 Å². The molecule has 3 heterocycles. The minimum absolute atomic E-state index is 0.0271. The first-order valence-electron chi connectivity index (χ1n) is 11.7. The number of para-hydroxylation sites is 1. The molecular formula is C26H26Cl2N4O2S. The normalized spacial score (nSPS) is 15.5. The lowest BCUT2D eigenvalue weighted by Gasteiger charge is -2.36. The predicted molar refractivity (Wildman–Crippen MR) is 141 cm³/mol. The van der Waals surface area contributed by atoms with Crippen LogP contribution in [0.3, 0.4) is 0 Å². The van der Waals surface area contributed by atoms with Gasteiger partial charge in [-0.15, -0.1) is 0 Å². The molecule has 0 saturated carbocycles. The molecule has 2 aromatic carbocycles. The van der Waals surface area contributed by atoms with Crippen LogP contribution in [0.4, 0.5) is 11.5 Å². The smallest absolute Gasteiger partial charge is 0.260 e. The Kier molecular flexibility index (Phi) is 7.68. The molecule has 182 valence electrons. The molecule has 1 fully saturated rings. The van der Waals surface area contributed by atoms with Crippen molar-refractivity contribution in [2.45, 2.75) is 16.2 Å². The number of hydrogen-bond donors (Lipinski definition) is 0. The fourth-order valence-corrected chi connectivity index (χ4v) is 5.92. The number of piperazine rings is 1. The zero-order valence-corrected chi connectivity index (χ0v) is 21.5. The zero-order chi connectivity index (χ0) is 24.2. The van der Waals surface area contributed by atoms with Crippen molar-refractivity contribution in [1.82, 2.24) is 14.8 Å². The average Bonchev–Trinajstić information content (AvgIpc) is 2.88. The van der Waals surface area contributed by atoms with Gasteiger partial charge >= 0.3 is 0 Å². The highest BCUT2D eigenvalue weighted by molar-refractivity contribution is 7.99. The number of rotatable bonds is 7. The Morgan fingerprint density at radius 1 is 0.971 bits per heavy atom. The standard InChI is InChI=1S/C26H26Cl2N4O2S/c27-19-8-9-22(20(28)17-19)34-18-25(33)31-15-13-30(14-16-31)11-4-12-32-21-5-1-2-6-23(21)35-24-7-3-10-29-26(24)32/h1-3,5-10,17H,4,11-16,18H2. The first-order chi connectivity index (χ1) is 17.1. The van der Waals surface area contributed by atoms with Gasteiger partial charge in [-0.2, -0.15) is 0 Å². The van der Waals surface area contributed by atoms with Crippen LogP contribution in [0, 0.1) is 0 Å². The van der Waals surface area contributed by atoms with Gasteiger partial charge in [0.25, 0.3) is 5.91 Å². The van der Waals surface area contributed by atoms with Gasteiger partial charge in [-0.25, -0.2) is 4.98 Å². The summed E-state index contributed by atoms with van der Waals surface area (Å²) >= 11 is 13.8.